The SMILES string of the molecule is O=C1CCC(c2ccc(OCC(=O)N3CCN(c4ccncc4C4CNC4)CC3)cc2)C(=O)N1. The van der Waals surface area contributed by atoms with E-state index in [1.165, 1.54) is 11.3 Å². The topological polar surface area (TPSA) is 104 Å². The van der Waals surface area contributed by atoms with Crippen molar-refractivity contribution in [1.82, 2.24) is 20.5 Å². The molecule has 5 rings (SSSR count). The summed E-state index contributed by atoms with van der Waals surface area (Å²) in [5.41, 5.74) is 3.35. The van der Waals surface area contributed by atoms with Crippen LogP contribution in [0.15, 0.2) is 42.7 Å². The molecule has 1 aromatic carbocycles. The highest BCUT2D eigenvalue weighted by molar-refractivity contribution is 6.00. The van der Waals surface area contributed by atoms with E-state index in [1.807, 2.05) is 29.4 Å². The molecule has 3 amide bonds. The third-order valence-electron chi connectivity index (χ3n) is 6.91. The van der Waals surface area contributed by atoms with Gasteiger partial charge in [0.1, 0.15) is 5.75 Å². The second kappa shape index (κ2) is 9.80. The zero-order chi connectivity index (χ0) is 23.5. The molecule has 0 aliphatic carbocycles. The number of aromatic nitrogens is 1. The standard InChI is InChI=1S/C25H29N5O4/c31-23-6-5-20(25(33)28-23)17-1-3-19(4-2-17)34-16-24(32)30-11-9-29(10-12-30)22-7-8-26-15-21(22)18-13-27-14-18/h1-4,7-8,15,18,20,27H,5-6,9-14,16H2,(H,28,31,33). The zero-order valence-electron chi connectivity index (χ0n) is 19.0. The van der Waals surface area contributed by atoms with Gasteiger partial charge in [0.25, 0.3) is 5.91 Å². The van der Waals surface area contributed by atoms with Crippen LogP contribution in [0, 0.1) is 0 Å². The predicted molar refractivity (Wildman–Crippen MR) is 126 cm³/mol. The van der Waals surface area contributed by atoms with E-state index in [2.05, 4.69) is 26.6 Å². The number of nitrogens with zero attached hydrogens (tertiary/aromatic N) is 3. The molecular weight excluding hydrogens is 434 g/mol. The second-order valence-corrected chi connectivity index (χ2v) is 9.02. The van der Waals surface area contributed by atoms with Gasteiger partial charge < -0.3 is 19.9 Å². The lowest BCUT2D eigenvalue weighted by Gasteiger charge is -2.38. The number of piperazine rings is 1. The van der Waals surface area contributed by atoms with Crippen LogP contribution in [-0.4, -0.2) is 73.5 Å². The van der Waals surface area contributed by atoms with Crippen molar-refractivity contribution in [1.29, 1.82) is 0 Å². The summed E-state index contributed by atoms with van der Waals surface area (Å²) in [7, 11) is 0. The maximum atomic E-state index is 12.7. The fraction of sp³-hybridized carbons (Fsp3) is 0.440. The summed E-state index contributed by atoms with van der Waals surface area (Å²) in [6.45, 7) is 4.83. The molecule has 34 heavy (non-hydrogen) atoms. The van der Waals surface area contributed by atoms with Crippen molar-refractivity contribution in [3.8, 4) is 5.75 Å². The van der Waals surface area contributed by atoms with E-state index in [-0.39, 0.29) is 30.2 Å². The number of benzene rings is 1. The number of anilines is 1. The van der Waals surface area contributed by atoms with Crippen molar-refractivity contribution >= 4 is 23.4 Å². The van der Waals surface area contributed by atoms with Crippen molar-refractivity contribution in [3.05, 3.63) is 53.9 Å². The van der Waals surface area contributed by atoms with Crippen LogP contribution in [-0.2, 0) is 14.4 Å². The van der Waals surface area contributed by atoms with E-state index < -0.39 is 0 Å². The van der Waals surface area contributed by atoms with Gasteiger partial charge in [-0.25, -0.2) is 0 Å². The molecule has 1 unspecified atom stereocenters. The van der Waals surface area contributed by atoms with Gasteiger partial charge in [-0.1, -0.05) is 12.1 Å². The highest BCUT2D eigenvalue weighted by Gasteiger charge is 2.29. The van der Waals surface area contributed by atoms with E-state index in [1.54, 1.807) is 12.1 Å². The average Bonchev–Trinajstić information content (AvgIpc) is 2.82. The lowest BCUT2D eigenvalue weighted by atomic mass is 9.90. The molecule has 0 bridgehead atoms. The minimum Gasteiger partial charge on any atom is -0.484 e. The Hall–Kier alpha value is -3.46. The highest BCUT2D eigenvalue weighted by Crippen LogP contribution is 2.30. The molecule has 3 saturated heterocycles. The molecule has 3 aliphatic rings. The van der Waals surface area contributed by atoms with Gasteiger partial charge in [-0.05, 0) is 35.7 Å². The molecule has 0 spiro atoms. The Morgan fingerprint density at radius 2 is 1.82 bits per heavy atom. The van der Waals surface area contributed by atoms with E-state index in [0.717, 1.165) is 31.7 Å². The number of nitrogens with one attached hydrogen (secondary N) is 2. The Balaban J connectivity index is 1.11. The molecule has 9 nitrogen and oxygen atoms in total. The summed E-state index contributed by atoms with van der Waals surface area (Å²) in [4.78, 5) is 44.6. The lowest BCUT2D eigenvalue weighted by molar-refractivity contribution is -0.135. The number of imide groups is 1. The number of carbonyl (C=O) groups excluding carboxylic acids is 3. The molecule has 0 saturated carbocycles. The monoisotopic (exact) mass is 463 g/mol. The first-order valence-corrected chi connectivity index (χ1v) is 11.8. The molecule has 1 aromatic heterocycles. The summed E-state index contributed by atoms with van der Waals surface area (Å²) in [6, 6.07) is 9.26. The minimum absolute atomic E-state index is 0.0218. The number of rotatable bonds is 6. The first kappa shape index (κ1) is 22.3. The van der Waals surface area contributed by atoms with Crippen molar-refractivity contribution in [3.63, 3.8) is 0 Å². The summed E-state index contributed by atoms with van der Waals surface area (Å²) in [6.07, 6.45) is 4.66. The molecular formula is C25H29N5O4. The molecule has 2 aromatic rings. The third-order valence-corrected chi connectivity index (χ3v) is 6.91. The van der Waals surface area contributed by atoms with E-state index in [0.29, 0.717) is 37.6 Å². The van der Waals surface area contributed by atoms with Crippen LogP contribution in [0.2, 0.25) is 0 Å². The molecule has 3 aliphatic heterocycles. The summed E-state index contributed by atoms with van der Waals surface area (Å²) in [5.74, 6) is 0.245. The summed E-state index contributed by atoms with van der Waals surface area (Å²) < 4.78 is 5.72. The van der Waals surface area contributed by atoms with Gasteiger partial charge in [0.2, 0.25) is 11.8 Å². The van der Waals surface area contributed by atoms with Gasteiger partial charge in [-0.2, -0.15) is 0 Å². The van der Waals surface area contributed by atoms with E-state index in [9.17, 15) is 14.4 Å². The van der Waals surface area contributed by atoms with Gasteiger partial charge in [-0.15, -0.1) is 0 Å². The Kier molecular flexibility index (Phi) is 6.44. The fourth-order valence-corrected chi connectivity index (χ4v) is 4.75. The maximum Gasteiger partial charge on any atom is 0.260 e. The van der Waals surface area contributed by atoms with Crippen LogP contribution in [0.4, 0.5) is 5.69 Å². The van der Waals surface area contributed by atoms with Crippen LogP contribution in [0.3, 0.4) is 0 Å². The lowest BCUT2D eigenvalue weighted by Crippen LogP contribution is -2.50. The van der Waals surface area contributed by atoms with Crippen LogP contribution in [0.25, 0.3) is 0 Å². The van der Waals surface area contributed by atoms with Crippen LogP contribution in [0.5, 0.6) is 5.75 Å². The normalized spacial score (nSPS) is 21.1. The first-order valence-electron chi connectivity index (χ1n) is 11.8. The van der Waals surface area contributed by atoms with Gasteiger partial charge in [-0.3, -0.25) is 24.7 Å². The minimum atomic E-state index is -0.328. The van der Waals surface area contributed by atoms with E-state index >= 15 is 0 Å². The summed E-state index contributed by atoms with van der Waals surface area (Å²) in [5, 5.41) is 5.70. The van der Waals surface area contributed by atoms with Crippen molar-refractivity contribution in [2.45, 2.75) is 24.7 Å². The largest absolute Gasteiger partial charge is 0.484 e. The van der Waals surface area contributed by atoms with Crippen molar-refractivity contribution < 1.29 is 19.1 Å². The van der Waals surface area contributed by atoms with Crippen LogP contribution >= 0.6 is 0 Å². The number of carbonyl (C=O) groups is 3. The quantitative estimate of drug-likeness (QED) is 0.617. The maximum absolute atomic E-state index is 12.7. The van der Waals surface area contributed by atoms with Gasteiger partial charge in [0.15, 0.2) is 6.61 Å². The number of hydrogen-bond donors (Lipinski definition) is 2. The first-order chi connectivity index (χ1) is 16.6. The fourth-order valence-electron chi connectivity index (χ4n) is 4.75. The molecule has 1 atom stereocenters. The van der Waals surface area contributed by atoms with Crippen molar-refractivity contribution in [2.75, 3.05) is 50.8 Å². The van der Waals surface area contributed by atoms with Crippen molar-refractivity contribution in [2.24, 2.45) is 0 Å². The number of hydrogen-bond acceptors (Lipinski definition) is 7. The Morgan fingerprint density at radius 3 is 2.50 bits per heavy atom. The van der Waals surface area contributed by atoms with Crippen LogP contribution < -0.4 is 20.3 Å². The number of amides is 3. The zero-order valence-corrected chi connectivity index (χ0v) is 19.0. The molecule has 2 N–H and O–H groups in total. The predicted octanol–water partition coefficient (Wildman–Crippen LogP) is 1.02. The highest BCUT2D eigenvalue weighted by atomic mass is 16.5. The smallest absolute Gasteiger partial charge is 0.260 e. The molecule has 4 heterocycles. The van der Waals surface area contributed by atoms with E-state index in [4.69, 9.17) is 4.74 Å². The Bertz CT molecular complexity index is 1060. The number of piperidine rings is 1. The van der Waals surface area contributed by atoms with Gasteiger partial charge in [0.05, 0.1) is 5.92 Å². The van der Waals surface area contributed by atoms with Crippen LogP contribution in [0.1, 0.15) is 35.8 Å². The second-order valence-electron chi connectivity index (χ2n) is 9.02. The molecule has 3 fully saturated rings. The summed E-state index contributed by atoms with van der Waals surface area (Å²) >= 11 is 0. The molecule has 178 valence electrons. The molecule has 9 heteroatoms. The third kappa shape index (κ3) is 4.75. The molecule has 0 radical (unpaired) electrons. The van der Waals surface area contributed by atoms with Gasteiger partial charge in [0, 0.05) is 69.7 Å². The number of ether oxygens (including phenoxy) is 1. The Labute approximate surface area is 198 Å². The average molecular weight is 464 g/mol. The van der Waals surface area contributed by atoms with Gasteiger partial charge >= 0.3 is 0 Å². The Morgan fingerprint density at radius 1 is 1.06 bits per heavy atom. The number of pyridine rings is 1.